The van der Waals surface area contributed by atoms with Crippen molar-refractivity contribution < 1.29 is 0 Å². The Morgan fingerprint density at radius 2 is 1.73 bits per heavy atom. The molecule has 0 saturated carbocycles. The van der Waals surface area contributed by atoms with E-state index in [-0.39, 0.29) is 0 Å². The summed E-state index contributed by atoms with van der Waals surface area (Å²) in [5.41, 5.74) is 6.31. The van der Waals surface area contributed by atoms with Crippen molar-refractivity contribution >= 4 is 0 Å². The highest BCUT2D eigenvalue weighted by molar-refractivity contribution is 4.82. The first-order chi connectivity index (χ1) is 7.25. The van der Waals surface area contributed by atoms with Crippen LogP contribution in [0.5, 0.6) is 0 Å². The lowest BCUT2D eigenvalue weighted by atomic mass is 9.90. The lowest BCUT2D eigenvalue weighted by Crippen LogP contribution is -2.45. The van der Waals surface area contributed by atoms with Crippen molar-refractivity contribution in [1.82, 2.24) is 9.80 Å². The van der Waals surface area contributed by atoms with Crippen LogP contribution in [0.3, 0.4) is 0 Å². The molecule has 2 N–H and O–H groups in total. The average Bonchev–Trinajstić information content (AvgIpc) is 2.71. The average molecular weight is 211 g/mol. The van der Waals surface area contributed by atoms with E-state index in [0.717, 1.165) is 12.5 Å². The molecule has 0 spiro atoms. The highest BCUT2D eigenvalue weighted by Gasteiger charge is 2.25. The molecule has 1 unspecified atom stereocenters. The van der Waals surface area contributed by atoms with Gasteiger partial charge in [0, 0.05) is 12.6 Å². The summed E-state index contributed by atoms with van der Waals surface area (Å²) in [6.07, 6.45) is 5.34. The zero-order valence-corrected chi connectivity index (χ0v) is 9.99. The van der Waals surface area contributed by atoms with Crippen molar-refractivity contribution in [1.29, 1.82) is 0 Å². The first-order valence-corrected chi connectivity index (χ1v) is 6.42. The fourth-order valence-electron chi connectivity index (χ4n) is 2.87. The van der Waals surface area contributed by atoms with Gasteiger partial charge in [-0.3, -0.25) is 0 Å². The Bertz CT molecular complexity index is 181. The first kappa shape index (κ1) is 11.4. The van der Waals surface area contributed by atoms with E-state index >= 15 is 0 Å². The lowest BCUT2D eigenvalue weighted by molar-refractivity contribution is 0.176. The number of likely N-dealkylation sites (tertiary alicyclic amines) is 2. The van der Waals surface area contributed by atoms with Gasteiger partial charge in [-0.15, -0.1) is 0 Å². The number of rotatable bonds is 3. The molecule has 2 heterocycles. The zero-order valence-electron chi connectivity index (χ0n) is 9.99. The van der Waals surface area contributed by atoms with Gasteiger partial charge in [-0.25, -0.2) is 0 Å². The second kappa shape index (κ2) is 5.28. The fraction of sp³-hybridized carbons (Fsp3) is 1.00. The van der Waals surface area contributed by atoms with Crippen molar-refractivity contribution in [3.63, 3.8) is 0 Å². The summed E-state index contributed by atoms with van der Waals surface area (Å²) in [7, 11) is 2.21. The topological polar surface area (TPSA) is 32.5 Å². The molecule has 2 saturated heterocycles. The van der Waals surface area contributed by atoms with Crippen LogP contribution in [0, 0.1) is 5.92 Å². The van der Waals surface area contributed by atoms with Gasteiger partial charge in [0.1, 0.15) is 0 Å². The molecule has 3 heteroatoms. The third-order valence-corrected chi connectivity index (χ3v) is 4.04. The van der Waals surface area contributed by atoms with Crippen molar-refractivity contribution in [2.24, 2.45) is 11.7 Å². The summed E-state index contributed by atoms with van der Waals surface area (Å²) in [5.74, 6) is 0.766. The molecule has 2 aliphatic heterocycles. The van der Waals surface area contributed by atoms with E-state index in [1.54, 1.807) is 0 Å². The van der Waals surface area contributed by atoms with E-state index in [1.165, 1.54) is 51.9 Å². The van der Waals surface area contributed by atoms with E-state index < -0.39 is 0 Å². The van der Waals surface area contributed by atoms with Crippen LogP contribution >= 0.6 is 0 Å². The summed E-state index contributed by atoms with van der Waals surface area (Å²) in [5, 5.41) is 0. The molecule has 0 bridgehead atoms. The Balaban J connectivity index is 1.72. The molecule has 0 aromatic rings. The number of hydrogen-bond acceptors (Lipinski definition) is 3. The highest BCUT2D eigenvalue weighted by atomic mass is 15.2. The minimum absolute atomic E-state index is 0.414. The molecule has 0 aromatic heterocycles. The first-order valence-electron chi connectivity index (χ1n) is 6.42. The van der Waals surface area contributed by atoms with Gasteiger partial charge >= 0.3 is 0 Å². The van der Waals surface area contributed by atoms with Crippen molar-refractivity contribution in [3.05, 3.63) is 0 Å². The number of nitrogens with two attached hydrogens (primary N) is 1. The van der Waals surface area contributed by atoms with E-state index in [1.807, 2.05) is 0 Å². The maximum absolute atomic E-state index is 6.31. The molecule has 1 atom stereocenters. The van der Waals surface area contributed by atoms with Crippen LogP contribution in [0.4, 0.5) is 0 Å². The summed E-state index contributed by atoms with van der Waals surface area (Å²) < 4.78 is 0. The molecule has 0 radical (unpaired) electrons. The van der Waals surface area contributed by atoms with Gasteiger partial charge < -0.3 is 15.5 Å². The van der Waals surface area contributed by atoms with Crippen LogP contribution in [-0.4, -0.2) is 55.6 Å². The van der Waals surface area contributed by atoms with Crippen LogP contribution in [-0.2, 0) is 0 Å². The standard InChI is InChI=1S/C12H25N3/c1-14-8-4-11(5-9-14)12(13)10-15-6-2-3-7-15/h11-12H,2-10,13H2,1H3. The summed E-state index contributed by atoms with van der Waals surface area (Å²) >= 11 is 0. The Morgan fingerprint density at radius 1 is 1.13 bits per heavy atom. The molecule has 0 aromatic carbocycles. The van der Waals surface area contributed by atoms with Crippen LogP contribution in [0.15, 0.2) is 0 Å². The van der Waals surface area contributed by atoms with E-state index in [2.05, 4.69) is 16.8 Å². The van der Waals surface area contributed by atoms with E-state index in [0.29, 0.717) is 6.04 Å². The molecule has 15 heavy (non-hydrogen) atoms. The maximum Gasteiger partial charge on any atom is 0.0197 e. The zero-order chi connectivity index (χ0) is 10.7. The number of hydrogen-bond donors (Lipinski definition) is 1. The Labute approximate surface area is 93.6 Å². The van der Waals surface area contributed by atoms with Crippen molar-refractivity contribution in [2.45, 2.75) is 31.7 Å². The van der Waals surface area contributed by atoms with E-state index in [4.69, 9.17) is 5.73 Å². The van der Waals surface area contributed by atoms with Crippen LogP contribution in [0.2, 0.25) is 0 Å². The van der Waals surface area contributed by atoms with Gasteiger partial charge in [0.05, 0.1) is 0 Å². The quantitative estimate of drug-likeness (QED) is 0.748. The SMILES string of the molecule is CN1CCC(C(N)CN2CCCC2)CC1. The molecule has 2 rings (SSSR count). The summed E-state index contributed by atoms with van der Waals surface area (Å²) in [6.45, 7) is 6.16. The third-order valence-electron chi connectivity index (χ3n) is 4.04. The number of piperidine rings is 1. The second-order valence-corrected chi connectivity index (χ2v) is 5.31. The normalized spacial score (nSPS) is 28.4. The molecule has 2 aliphatic rings. The van der Waals surface area contributed by atoms with Crippen LogP contribution in [0.25, 0.3) is 0 Å². The highest BCUT2D eigenvalue weighted by Crippen LogP contribution is 2.20. The summed E-state index contributed by atoms with van der Waals surface area (Å²) in [6, 6.07) is 0.414. The smallest absolute Gasteiger partial charge is 0.0197 e. The molecule has 2 fully saturated rings. The minimum Gasteiger partial charge on any atom is -0.326 e. The molecular weight excluding hydrogens is 186 g/mol. The monoisotopic (exact) mass is 211 g/mol. The van der Waals surface area contributed by atoms with Crippen molar-refractivity contribution in [2.75, 3.05) is 39.8 Å². The minimum atomic E-state index is 0.414. The van der Waals surface area contributed by atoms with Gasteiger partial charge in [0.2, 0.25) is 0 Å². The molecule has 3 nitrogen and oxygen atoms in total. The van der Waals surface area contributed by atoms with Crippen LogP contribution in [0.1, 0.15) is 25.7 Å². The molecule has 0 aliphatic carbocycles. The molecule has 88 valence electrons. The Kier molecular flexibility index (Phi) is 4.00. The largest absolute Gasteiger partial charge is 0.326 e. The van der Waals surface area contributed by atoms with Gasteiger partial charge in [-0.2, -0.15) is 0 Å². The van der Waals surface area contributed by atoms with Gasteiger partial charge in [0.15, 0.2) is 0 Å². The number of nitrogens with zero attached hydrogens (tertiary/aromatic N) is 2. The Morgan fingerprint density at radius 3 is 2.33 bits per heavy atom. The molecular formula is C12H25N3. The van der Waals surface area contributed by atoms with Gasteiger partial charge in [0.25, 0.3) is 0 Å². The van der Waals surface area contributed by atoms with Crippen molar-refractivity contribution in [3.8, 4) is 0 Å². The predicted molar refractivity (Wildman–Crippen MR) is 63.9 cm³/mol. The molecule has 0 amide bonds. The van der Waals surface area contributed by atoms with Crippen LogP contribution < -0.4 is 5.73 Å². The second-order valence-electron chi connectivity index (χ2n) is 5.31. The fourth-order valence-corrected chi connectivity index (χ4v) is 2.87. The Hall–Kier alpha value is -0.120. The summed E-state index contributed by atoms with van der Waals surface area (Å²) in [4.78, 5) is 4.96. The van der Waals surface area contributed by atoms with E-state index in [9.17, 15) is 0 Å². The van der Waals surface area contributed by atoms with Gasteiger partial charge in [-0.1, -0.05) is 0 Å². The third kappa shape index (κ3) is 3.16. The lowest BCUT2D eigenvalue weighted by Gasteiger charge is -2.34. The predicted octanol–water partition coefficient (Wildman–Crippen LogP) is 0.751. The maximum atomic E-state index is 6.31. The van der Waals surface area contributed by atoms with Gasteiger partial charge in [-0.05, 0) is 64.8 Å².